The van der Waals surface area contributed by atoms with Crippen LogP contribution in [0, 0.1) is 11.8 Å². The summed E-state index contributed by atoms with van der Waals surface area (Å²) in [5.41, 5.74) is 4.16. The Morgan fingerprint density at radius 3 is 2.73 bits per heavy atom. The number of aromatic nitrogens is 2. The SMILES string of the molecule is O=C(O)[C@@H]1C[C@H]1C(=O)NCc1cccc(Cn2cnc3ccccc32)c1. The molecule has 0 saturated heterocycles. The van der Waals surface area contributed by atoms with Crippen molar-refractivity contribution in [1.82, 2.24) is 14.9 Å². The fraction of sp³-hybridized carbons (Fsp3) is 0.250. The van der Waals surface area contributed by atoms with E-state index in [1.54, 1.807) is 0 Å². The van der Waals surface area contributed by atoms with E-state index >= 15 is 0 Å². The van der Waals surface area contributed by atoms with Crippen molar-refractivity contribution in [2.24, 2.45) is 11.8 Å². The van der Waals surface area contributed by atoms with Gasteiger partial charge in [0.1, 0.15) is 0 Å². The zero-order valence-electron chi connectivity index (χ0n) is 14.1. The lowest BCUT2D eigenvalue weighted by atomic mass is 10.1. The summed E-state index contributed by atoms with van der Waals surface area (Å²) in [6, 6.07) is 16.0. The molecule has 6 heteroatoms. The van der Waals surface area contributed by atoms with Crippen molar-refractivity contribution in [3.8, 4) is 0 Å². The number of nitrogens with one attached hydrogen (secondary N) is 1. The molecule has 0 bridgehead atoms. The van der Waals surface area contributed by atoms with Gasteiger partial charge in [-0.05, 0) is 29.7 Å². The summed E-state index contributed by atoms with van der Waals surface area (Å²) in [7, 11) is 0. The van der Waals surface area contributed by atoms with E-state index < -0.39 is 11.9 Å². The lowest BCUT2D eigenvalue weighted by molar-refractivity contribution is -0.140. The van der Waals surface area contributed by atoms with Gasteiger partial charge in [-0.2, -0.15) is 0 Å². The van der Waals surface area contributed by atoms with E-state index in [9.17, 15) is 9.59 Å². The van der Waals surface area contributed by atoms with Crippen molar-refractivity contribution >= 4 is 22.9 Å². The highest BCUT2D eigenvalue weighted by molar-refractivity contribution is 5.89. The second kappa shape index (κ2) is 6.63. The fourth-order valence-electron chi connectivity index (χ4n) is 3.25. The number of amides is 1. The topological polar surface area (TPSA) is 84.2 Å². The molecule has 26 heavy (non-hydrogen) atoms. The number of fused-ring (bicyclic) bond motifs is 1. The predicted octanol–water partition coefficient (Wildman–Crippen LogP) is 2.42. The van der Waals surface area contributed by atoms with E-state index in [4.69, 9.17) is 5.11 Å². The first-order chi connectivity index (χ1) is 12.6. The first kappa shape index (κ1) is 16.3. The molecule has 2 atom stereocenters. The number of aliphatic carboxylic acids is 1. The summed E-state index contributed by atoms with van der Waals surface area (Å²) in [5, 5.41) is 11.7. The zero-order chi connectivity index (χ0) is 18.1. The summed E-state index contributed by atoms with van der Waals surface area (Å²) in [6.45, 7) is 1.10. The number of carbonyl (C=O) groups excluding carboxylic acids is 1. The molecule has 3 aromatic rings. The van der Waals surface area contributed by atoms with Gasteiger partial charge in [-0.15, -0.1) is 0 Å². The lowest BCUT2D eigenvalue weighted by Crippen LogP contribution is -2.25. The van der Waals surface area contributed by atoms with E-state index in [0.29, 0.717) is 19.5 Å². The molecule has 1 aromatic heterocycles. The molecule has 1 fully saturated rings. The number of carboxylic acids is 1. The summed E-state index contributed by atoms with van der Waals surface area (Å²) in [6.07, 6.45) is 2.27. The van der Waals surface area contributed by atoms with Gasteiger partial charge in [0.2, 0.25) is 5.91 Å². The van der Waals surface area contributed by atoms with E-state index in [2.05, 4.69) is 20.9 Å². The molecule has 0 unspecified atom stereocenters. The van der Waals surface area contributed by atoms with Crippen LogP contribution in [0.2, 0.25) is 0 Å². The fourth-order valence-corrected chi connectivity index (χ4v) is 3.25. The summed E-state index contributed by atoms with van der Waals surface area (Å²) in [5.74, 6) is -1.97. The van der Waals surface area contributed by atoms with Crippen LogP contribution in [0.15, 0.2) is 54.9 Å². The van der Waals surface area contributed by atoms with Gasteiger partial charge in [0.15, 0.2) is 0 Å². The van der Waals surface area contributed by atoms with Crippen molar-refractivity contribution in [3.63, 3.8) is 0 Å². The molecule has 2 aromatic carbocycles. The Hall–Kier alpha value is -3.15. The van der Waals surface area contributed by atoms with Gasteiger partial charge in [-0.1, -0.05) is 36.4 Å². The third kappa shape index (κ3) is 3.31. The molecule has 1 amide bonds. The minimum atomic E-state index is -0.889. The standard InChI is InChI=1S/C20H19N3O3/c24-19(15-9-16(15)20(25)26)21-10-13-4-3-5-14(8-13)11-23-12-22-17-6-1-2-7-18(17)23/h1-8,12,15-16H,9-11H2,(H,21,24)(H,25,26)/t15-,16-/m1/s1. The summed E-state index contributed by atoms with van der Waals surface area (Å²) in [4.78, 5) is 27.2. The molecule has 2 N–H and O–H groups in total. The molecule has 4 rings (SSSR count). The van der Waals surface area contributed by atoms with Crippen LogP contribution >= 0.6 is 0 Å². The highest BCUT2D eigenvalue weighted by Gasteiger charge is 2.48. The van der Waals surface area contributed by atoms with Crippen molar-refractivity contribution in [1.29, 1.82) is 0 Å². The number of nitrogens with zero attached hydrogens (tertiary/aromatic N) is 2. The minimum absolute atomic E-state index is 0.177. The lowest BCUT2D eigenvalue weighted by Gasteiger charge is -2.08. The quantitative estimate of drug-likeness (QED) is 0.716. The zero-order valence-corrected chi connectivity index (χ0v) is 14.1. The van der Waals surface area contributed by atoms with Gasteiger partial charge in [0.05, 0.1) is 29.2 Å². The number of carbonyl (C=O) groups is 2. The van der Waals surface area contributed by atoms with Crippen LogP contribution < -0.4 is 5.32 Å². The Bertz CT molecular complexity index is 979. The largest absolute Gasteiger partial charge is 0.481 e. The Morgan fingerprint density at radius 1 is 1.12 bits per heavy atom. The number of rotatable bonds is 6. The number of hydrogen-bond acceptors (Lipinski definition) is 3. The Labute approximate surface area is 150 Å². The van der Waals surface area contributed by atoms with Gasteiger partial charge in [-0.25, -0.2) is 4.98 Å². The van der Waals surface area contributed by atoms with Crippen LogP contribution in [0.25, 0.3) is 11.0 Å². The monoisotopic (exact) mass is 349 g/mol. The smallest absolute Gasteiger partial charge is 0.307 e. The maximum absolute atomic E-state index is 12.0. The van der Waals surface area contributed by atoms with Gasteiger partial charge in [0.25, 0.3) is 0 Å². The van der Waals surface area contributed by atoms with E-state index in [-0.39, 0.29) is 11.8 Å². The highest BCUT2D eigenvalue weighted by Crippen LogP contribution is 2.38. The minimum Gasteiger partial charge on any atom is -0.481 e. The van der Waals surface area contributed by atoms with E-state index in [1.807, 2.05) is 48.8 Å². The second-order valence-electron chi connectivity index (χ2n) is 6.69. The maximum Gasteiger partial charge on any atom is 0.307 e. The average Bonchev–Trinajstić information content (AvgIpc) is 3.37. The van der Waals surface area contributed by atoms with Gasteiger partial charge in [0, 0.05) is 13.1 Å². The molecule has 0 spiro atoms. The summed E-state index contributed by atoms with van der Waals surface area (Å²) >= 11 is 0. The number of para-hydroxylation sites is 2. The molecule has 1 aliphatic rings. The molecule has 132 valence electrons. The Morgan fingerprint density at radius 2 is 1.92 bits per heavy atom. The molecule has 1 aliphatic carbocycles. The third-order valence-electron chi connectivity index (χ3n) is 4.78. The van der Waals surface area contributed by atoms with E-state index in [0.717, 1.165) is 22.2 Å². The van der Waals surface area contributed by atoms with Crippen LogP contribution in [-0.4, -0.2) is 26.5 Å². The predicted molar refractivity (Wildman–Crippen MR) is 96.4 cm³/mol. The van der Waals surface area contributed by atoms with Crippen molar-refractivity contribution in [2.45, 2.75) is 19.5 Å². The first-order valence-electron chi connectivity index (χ1n) is 8.60. The molecular formula is C20H19N3O3. The van der Waals surface area contributed by atoms with Crippen molar-refractivity contribution in [3.05, 3.63) is 66.0 Å². The molecule has 1 heterocycles. The Kier molecular flexibility index (Phi) is 4.16. The van der Waals surface area contributed by atoms with Gasteiger partial charge < -0.3 is 15.0 Å². The molecule has 0 radical (unpaired) electrons. The number of benzene rings is 2. The third-order valence-corrected chi connectivity index (χ3v) is 4.78. The number of carboxylic acid groups (broad SMARTS) is 1. The van der Waals surface area contributed by atoms with Crippen molar-refractivity contribution < 1.29 is 14.7 Å². The van der Waals surface area contributed by atoms with Crippen LogP contribution in [0.1, 0.15) is 17.5 Å². The van der Waals surface area contributed by atoms with Crippen LogP contribution in [0.4, 0.5) is 0 Å². The maximum atomic E-state index is 12.0. The normalized spacial score (nSPS) is 18.6. The number of hydrogen-bond donors (Lipinski definition) is 2. The van der Waals surface area contributed by atoms with Crippen molar-refractivity contribution in [2.75, 3.05) is 0 Å². The van der Waals surface area contributed by atoms with Crippen LogP contribution in [0.3, 0.4) is 0 Å². The molecule has 6 nitrogen and oxygen atoms in total. The Balaban J connectivity index is 1.41. The van der Waals surface area contributed by atoms with Crippen LogP contribution in [0.5, 0.6) is 0 Å². The number of imidazole rings is 1. The highest BCUT2D eigenvalue weighted by atomic mass is 16.4. The summed E-state index contributed by atoms with van der Waals surface area (Å²) < 4.78 is 2.09. The second-order valence-corrected chi connectivity index (χ2v) is 6.69. The van der Waals surface area contributed by atoms with Crippen LogP contribution in [-0.2, 0) is 22.7 Å². The average molecular weight is 349 g/mol. The van der Waals surface area contributed by atoms with Gasteiger partial charge >= 0.3 is 5.97 Å². The molecule has 1 saturated carbocycles. The van der Waals surface area contributed by atoms with E-state index in [1.165, 1.54) is 0 Å². The van der Waals surface area contributed by atoms with Gasteiger partial charge in [-0.3, -0.25) is 9.59 Å². The molecule has 0 aliphatic heterocycles. The molecular weight excluding hydrogens is 330 g/mol. The first-order valence-corrected chi connectivity index (χ1v) is 8.60.